The molecule has 0 aliphatic carbocycles. The van der Waals surface area contributed by atoms with Crippen molar-refractivity contribution in [2.75, 3.05) is 19.7 Å². The van der Waals surface area contributed by atoms with Crippen molar-refractivity contribution in [1.82, 2.24) is 4.90 Å². The van der Waals surface area contributed by atoms with Crippen molar-refractivity contribution in [2.45, 2.75) is 39.9 Å². The van der Waals surface area contributed by atoms with Crippen molar-refractivity contribution in [3.8, 4) is 0 Å². The van der Waals surface area contributed by atoms with Gasteiger partial charge in [0.05, 0.1) is 18.8 Å². The van der Waals surface area contributed by atoms with Gasteiger partial charge in [0.1, 0.15) is 0 Å². The molecule has 120 valence electrons. The molecule has 0 aromatic heterocycles. The van der Waals surface area contributed by atoms with E-state index in [1.165, 1.54) is 0 Å². The number of morpholine rings is 1. The summed E-state index contributed by atoms with van der Waals surface area (Å²) in [5.74, 6) is -0.282. The average molecular weight is 304 g/mol. The van der Waals surface area contributed by atoms with Gasteiger partial charge in [-0.05, 0) is 39.8 Å². The normalized spacial score (nSPS) is 22.5. The maximum absolute atomic E-state index is 12.3. The summed E-state index contributed by atoms with van der Waals surface area (Å²) in [7, 11) is 0. The molecule has 1 aromatic rings. The highest BCUT2D eigenvalue weighted by Crippen LogP contribution is 2.13. The van der Waals surface area contributed by atoms with Crippen LogP contribution in [-0.4, -0.2) is 48.7 Å². The summed E-state index contributed by atoms with van der Waals surface area (Å²) in [6, 6.07) is 7.77. The van der Waals surface area contributed by atoms with Crippen molar-refractivity contribution < 1.29 is 14.3 Å². The molecule has 1 fully saturated rings. The minimum atomic E-state index is -0.282. The molecule has 1 amide bonds. The predicted octanol–water partition coefficient (Wildman–Crippen LogP) is 2.64. The van der Waals surface area contributed by atoms with Gasteiger partial charge < -0.3 is 14.4 Å². The summed E-state index contributed by atoms with van der Waals surface area (Å²) < 4.78 is 11.3. The van der Waals surface area contributed by atoms with Gasteiger partial charge in [-0.2, -0.15) is 4.99 Å². The Balaban J connectivity index is 2.18. The molecule has 0 saturated carbocycles. The van der Waals surface area contributed by atoms with E-state index in [1.54, 1.807) is 12.1 Å². The molecule has 0 radical (unpaired) electrons. The Morgan fingerprint density at radius 3 is 2.41 bits per heavy atom. The summed E-state index contributed by atoms with van der Waals surface area (Å²) in [6.07, 6.45) is 0.174. The van der Waals surface area contributed by atoms with Crippen LogP contribution in [0.15, 0.2) is 29.3 Å². The van der Waals surface area contributed by atoms with Gasteiger partial charge in [0.25, 0.3) is 11.9 Å². The molecule has 22 heavy (non-hydrogen) atoms. The molecule has 5 heteroatoms. The standard InChI is InChI=1S/C17H24N2O3/c1-5-21-17(19-10-13(3)22-14(4)11-19)18-16(20)15-8-6-12(2)7-9-15/h6-9,13-14H,5,10-11H2,1-4H3. The van der Waals surface area contributed by atoms with Crippen molar-refractivity contribution in [3.63, 3.8) is 0 Å². The zero-order valence-corrected chi connectivity index (χ0v) is 13.7. The second-order valence-electron chi connectivity index (χ2n) is 5.66. The highest BCUT2D eigenvalue weighted by molar-refractivity contribution is 6.01. The van der Waals surface area contributed by atoms with Gasteiger partial charge >= 0.3 is 0 Å². The number of aliphatic imine (C=N–C) groups is 1. The fraction of sp³-hybridized carbons (Fsp3) is 0.529. The topological polar surface area (TPSA) is 51.1 Å². The second kappa shape index (κ2) is 7.40. The first-order valence-electron chi connectivity index (χ1n) is 7.72. The largest absolute Gasteiger partial charge is 0.465 e. The molecule has 1 aliphatic rings. The third-order valence-corrected chi connectivity index (χ3v) is 3.46. The van der Waals surface area contributed by atoms with E-state index in [0.717, 1.165) is 5.56 Å². The van der Waals surface area contributed by atoms with Crippen LogP contribution in [0.5, 0.6) is 0 Å². The van der Waals surface area contributed by atoms with Crippen LogP contribution in [0.4, 0.5) is 0 Å². The molecule has 2 rings (SSSR count). The van der Waals surface area contributed by atoms with Crippen LogP contribution in [0.3, 0.4) is 0 Å². The first-order valence-corrected chi connectivity index (χ1v) is 7.72. The van der Waals surface area contributed by atoms with Crippen LogP contribution in [0.2, 0.25) is 0 Å². The van der Waals surface area contributed by atoms with E-state index in [9.17, 15) is 4.79 Å². The number of nitrogens with zero attached hydrogens (tertiary/aromatic N) is 2. The molecular weight excluding hydrogens is 280 g/mol. The molecule has 2 unspecified atom stereocenters. The third kappa shape index (κ3) is 4.31. The lowest BCUT2D eigenvalue weighted by molar-refractivity contribution is -0.0539. The third-order valence-electron chi connectivity index (χ3n) is 3.46. The fourth-order valence-electron chi connectivity index (χ4n) is 2.51. The number of aryl methyl sites for hydroxylation is 1. The lowest BCUT2D eigenvalue weighted by Gasteiger charge is -2.36. The fourth-order valence-corrected chi connectivity index (χ4v) is 2.51. The molecule has 1 heterocycles. The summed E-state index contributed by atoms with van der Waals surface area (Å²) in [5.41, 5.74) is 1.68. The number of carbonyl (C=O) groups excluding carboxylic acids is 1. The highest BCUT2D eigenvalue weighted by Gasteiger charge is 2.26. The van der Waals surface area contributed by atoms with Crippen LogP contribution in [0.1, 0.15) is 36.7 Å². The van der Waals surface area contributed by atoms with Crippen LogP contribution in [0.25, 0.3) is 0 Å². The van der Waals surface area contributed by atoms with E-state index < -0.39 is 0 Å². The van der Waals surface area contributed by atoms with E-state index in [-0.39, 0.29) is 18.1 Å². The van der Waals surface area contributed by atoms with E-state index in [4.69, 9.17) is 9.47 Å². The molecule has 5 nitrogen and oxygen atoms in total. The Hall–Kier alpha value is -1.88. The number of rotatable bonds is 2. The molecule has 2 atom stereocenters. The van der Waals surface area contributed by atoms with Crippen LogP contribution >= 0.6 is 0 Å². The number of ether oxygens (including phenoxy) is 2. The Kier molecular flexibility index (Phi) is 5.55. The van der Waals surface area contributed by atoms with E-state index in [1.807, 2.05) is 44.7 Å². The SMILES string of the molecule is CCOC(=NC(=O)c1ccc(C)cc1)N1CC(C)OC(C)C1. The molecule has 0 bridgehead atoms. The van der Waals surface area contributed by atoms with Crippen molar-refractivity contribution in [2.24, 2.45) is 4.99 Å². The maximum Gasteiger partial charge on any atom is 0.295 e. The predicted molar refractivity (Wildman–Crippen MR) is 86.2 cm³/mol. The van der Waals surface area contributed by atoms with Crippen molar-refractivity contribution in [1.29, 1.82) is 0 Å². The zero-order valence-electron chi connectivity index (χ0n) is 13.7. The molecule has 1 saturated heterocycles. The van der Waals surface area contributed by atoms with Gasteiger partial charge in [-0.1, -0.05) is 17.7 Å². The van der Waals surface area contributed by atoms with Crippen molar-refractivity contribution >= 4 is 11.9 Å². The van der Waals surface area contributed by atoms with E-state index in [2.05, 4.69) is 4.99 Å². The molecular formula is C17H24N2O3. The van der Waals surface area contributed by atoms with E-state index in [0.29, 0.717) is 31.3 Å². The van der Waals surface area contributed by atoms with Crippen LogP contribution in [0, 0.1) is 6.92 Å². The Morgan fingerprint density at radius 2 is 1.86 bits per heavy atom. The molecule has 0 spiro atoms. The number of carbonyl (C=O) groups is 1. The number of benzene rings is 1. The Morgan fingerprint density at radius 1 is 1.27 bits per heavy atom. The monoisotopic (exact) mass is 304 g/mol. The van der Waals surface area contributed by atoms with Gasteiger partial charge in [-0.25, -0.2) is 0 Å². The van der Waals surface area contributed by atoms with Crippen LogP contribution < -0.4 is 0 Å². The molecule has 1 aromatic carbocycles. The minimum absolute atomic E-state index is 0.0869. The number of amidine groups is 1. The van der Waals surface area contributed by atoms with E-state index >= 15 is 0 Å². The van der Waals surface area contributed by atoms with Gasteiger partial charge in [-0.3, -0.25) is 4.79 Å². The highest BCUT2D eigenvalue weighted by atomic mass is 16.5. The molecule has 1 aliphatic heterocycles. The quantitative estimate of drug-likeness (QED) is 0.622. The Labute approximate surface area is 131 Å². The summed E-state index contributed by atoms with van der Waals surface area (Å²) in [6.45, 7) is 9.70. The lowest BCUT2D eigenvalue weighted by Crippen LogP contribution is -2.49. The summed E-state index contributed by atoms with van der Waals surface area (Å²) in [5, 5.41) is 0. The average Bonchev–Trinajstić information content (AvgIpc) is 2.46. The number of amides is 1. The zero-order chi connectivity index (χ0) is 16.1. The van der Waals surface area contributed by atoms with Gasteiger partial charge in [0.2, 0.25) is 0 Å². The first-order chi connectivity index (χ1) is 10.5. The van der Waals surface area contributed by atoms with Gasteiger partial charge in [0.15, 0.2) is 0 Å². The van der Waals surface area contributed by atoms with Crippen molar-refractivity contribution in [3.05, 3.63) is 35.4 Å². The second-order valence-corrected chi connectivity index (χ2v) is 5.66. The minimum Gasteiger partial charge on any atom is -0.465 e. The number of hydrogen-bond donors (Lipinski definition) is 0. The summed E-state index contributed by atoms with van der Waals surface area (Å²) in [4.78, 5) is 18.5. The Bertz CT molecular complexity index is 529. The molecule has 0 N–H and O–H groups in total. The first kappa shape index (κ1) is 16.5. The van der Waals surface area contributed by atoms with Gasteiger partial charge in [-0.15, -0.1) is 0 Å². The van der Waals surface area contributed by atoms with Crippen LogP contribution in [-0.2, 0) is 9.47 Å². The van der Waals surface area contributed by atoms with Gasteiger partial charge in [0, 0.05) is 18.7 Å². The number of hydrogen-bond acceptors (Lipinski definition) is 3. The lowest BCUT2D eigenvalue weighted by atomic mass is 10.1. The summed E-state index contributed by atoms with van der Waals surface area (Å²) >= 11 is 0. The maximum atomic E-state index is 12.3. The smallest absolute Gasteiger partial charge is 0.295 e.